The van der Waals surface area contributed by atoms with Crippen molar-refractivity contribution in [3.8, 4) is 17.2 Å². The number of benzene rings is 4. The summed E-state index contributed by atoms with van der Waals surface area (Å²) in [5, 5.41) is 5.58. The number of fused-ring (bicyclic) bond motifs is 1. The van der Waals surface area contributed by atoms with Crippen LogP contribution in [0.5, 0.6) is 17.2 Å². The number of hydrogen-bond donors (Lipinski definition) is 1. The fourth-order valence-electron chi connectivity index (χ4n) is 5.40. The van der Waals surface area contributed by atoms with Crippen molar-refractivity contribution in [1.29, 1.82) is 0 Å². The highest BCUT2D eigenvalue weighted by Crippen LogP contribution is 2.38. The maximum atomic E-state index is 6.56. The summed E-state index contributed by atoms with van der Waals surface area (Å²) in [6, 6.07) is 29.4. The van der Waals surface area contributed by atoms with Gasteiger partial charge in [-0.15, -0.1) is 0 Å². The number of thioether (sulfide) groups is 1. The number of piperidine rings is 1. The van der Waals surface area contributed by atoms with Gasteiger partial charge in [-0.05, 0) is 54.5 Å². The molecule has 1 aliphatic heterocycles. The lowest BCUT2D eigenvalue weighted by Crippen LogP contribution is -2.41. The molecule has 0 radical (unpaired) electrons. The molecule has 0 bridgehead atoms. The molecule has 5 nitrogen and oxygen atoms in total. The first-order valence-corrected chi connectivity index (χ1v) is 15.2. The van der Waals surface area contributed by atoms with Gasteiger partial charge in [-0.2, -0.15) is 11.8 Å². The lowest BCUT2D eigenvalue weighted by atomic mass is 9.87. The molecule has 0 aliphatic carbocycles. The predicted molar refractivity (Wildman–Crippen MR) is 165 cm³/mol. The van der Waals surface area contributed by atoms with Crippen molar-refractivity contribution >= 4 is 22.5 Å². The maximum absolute atomic E-state index is 6.56. The van der Waals surface area contributed by atoms with E-state index in [0.717, 1.165) is 77.6 Å². The third kappa shape index (κ3) is 7.11. The lowest BCUT2D eigenvalue weighted by Gasteiger charge is -2.33. The van der Waals surface area contributed by atoms with Gasteiger partial charge in [0.25, 0.3) is 0 Å². The van der Waals surface area contributed by atoms with Gasteiger partial charge in [0.05, 0.1) is 33.5 Å². The number of ether oxygens (including phenoxy) is 4. The van der Waals surface area contributed by atoms with Crippen LogP contribution in [0.2, 0.25) is 0 Å². The Kier molecular flexibility index (Phi) is 10.2. The molecule has 0 spiro atoms. The molecule has 4 aromatic rings. The summed E-state index contributed by atoms with van der Waals surface area (Å²) in [6.45, 7) is 2.99. The molecule has 0 amide bonds. The van der Waals surface area contributed by atoms with Crippen LogP contribution in [0.3, 0.4) is 0 Å². The van der Waals surface area contributed by atoms with E-state index < -0.39 is 0 Å². The van der Waals surface area contributed by atoms with Gasteiger partial charge in [0.15, 0.2) is 0 Å². The minimum atomic E-state index is 0.0596. The van der Waals surface area contributed by atoms with E-state index in [2.05, 4.69) is 72.0 Å². The van der Waals surface area contributed by atoms with E-state index in [9.17, 15) is 0 Å². The van der Waals surface area contributed by atoms with Crippen LogP contribution in [0.15, 0.2) is 84.9 Å². The second-order valence-corrected chi connectivity index (χ2v) is 11.2. The third-order valence-electron chi connectivity index (χ3n) is 7.46. The first kappa shape index (κ1) is 28.3. The Morgan fingerprint density at radius 3 is 2.42 bits per heavy atom. The summed E-state index contributed by atoms with van der Waals surface area (Å²) in [6.07, 6.45) is 2.12. The van der Waals surface area contributed by atoms with E-state index in [-0.39, 0.29) is 6.10 Å². The topological polar surface area (TPSA) is 49.0 Å². The van der Waals surface area contributed by atoms with E-state index >= 15 is 0 Å². The molecule has 1 fully saturated rings. The molecule has 40 heavy (non-hydrogen) atoms. The summed E-state index contributed by atoms with van der Waals surface area (Å²) >= 11 is 1.96. The second kappa shape index (κ2) is 14.4. The molecular formula is C34H39NO4S. The molecule has 6 heteroatoms. The van der Waals surface area contributed by atoms with Crippen molar-refractivity contribution in [2.24, 2.45) is 0 Å². The number of rotatable bonds is 13. The zero-order valence-corrected chi connectivity index (χ0v) is 24.3. The van der Waals surface area contributed by atoms with Crippen LogP contribution in [0.4, 0.5) is 0 Å². The molecule has 0 saturated carbocycles. The van der Waals surface area contributed by atoms with E-state index in [1.807, 2.05) is 30.0 Å². The summed E-state index contributed by atoms with van der Waals surface area (Å²) in [5.41, 5.74) is 3.66. The van der Waals surface area contributed by atoms with Crippen molar-refractivity contribution in [3.63, 3.8) is 0 Å². The molecule has 1 saturated heterocycles. The summed E-state index contributed by atoms with van der Waals surface area (Å²) < 4.78 is 24.1. The van der Waals surface area contributed by atoms with E-state index in [4.69, 9.17) is 18.9 Å². The lowest BCUT2D eigenvalue weighted by molar-refractivity contribution is 0.00983. The molecular weight excluding hydrogens is 518 g/mol. The van der Waals surface area contributed by atoms with Crippen molar-refractivity contribution in [1.82, 2.24) is 5.32 Å². The number of methoxy groups -OCH3 is 2. The van der Waals surface area contributed by atoms with Gasteiger partial charge in [0.1, 0.15) is 17.2 Å². The van der Waals surface area contributed by atoms with E-state index in [0.29, 0.717) is 12.5 Å². The minimum Gasteiger partial charge on any atom is -0.496 e. The average Bonchev–Trinajstić information content (AvgIpc) is 3.02. The van der Waals surface area contributed by atoms with Crippen molar-refractivity contribution < 1.29 is 18.9 Å². The van der Waals surface area contributed by atoms with Gasteiger partial charge in [0, 0.05) is 34.6 Å². The summed E-state index contributed by atoms with van der Waals surface area (Å²) in [7, 11) is 3.42. The first-order valence-electron chi connectivity index (χ1n) is 14.1. The van der Waals surface area contributed by atoms with Gasteiger partial charge < -0.3 is 24.3 Å². The Labute approximate surface area is 242 Å². The monoisotopic (exact) mass is 557 g/mol. The van der Waals surface area contributed by atoms with Crippen molar-refractivity contribution in [2.75, 3.05) is 39.7 Å². The molecule has 210 valence electrons. The van der Waals surface area contributed by atoms with Gasteiger partial charge in [0.2, 0.25) is 0 Å². The Hall–Kier alpha value is -3.19. The van der Waals surface area contributed by atoms with Crippen LogP contribution >= 0.6 is 11.8 Å². The molecule has 1 N–H and O–H groups in total. The fourth-order valence-corrected chi connectivity index (χ4v) is 6.29. The highest BCUT2D eigenvalue weighted by atomic mass is 32.2. The first-order chi connectivity index (χ1) is 19.8. The van der Waals surface area contributed by atoms with Crippen LogP contribution in [0, 0.1) is 0 Å². The SMILES string of the molecule is COc1cc(COC2CNCCC2c2ccc(OCCCSCc3ccccc3)cc2)c(OC)c2ccccc12. The van der Waals surface area contributed by atoms with Crippen LogP contribution in [0.25, 0.3) is 10.8 Å². The maximum Gasteiger partial charge on any atom is 0.132 e. The van der Waals surface area contributed by atoms with Gasteiger partial charge in [-0.25, -0.2) is 0 Å². The highest BCUT2D eigenvalue weighted by Gasteiger charge is 2.28. The summed E-state index contributed by atoms with van der Waals surface area (Å²) in [4.78, 5) is 0. The Balaban J connectivity index is 1.16. The molecule has 2 atom stereocenters. The predicted octanol–water partition coefficient (Wildman–Crippen LogP) is 7.22. The standard InChI is InChI=1S/C34H39NO4S/c1-36-32-21-27(34(37-2)31-12-7-6-11-30(31)32)23-39-33-22-35-18-17-29(33)26-13-15-28(16-14-26)38-19-8-20-40-24-25-9-4-3-5-10-25/h3-7,9-16,21,29,33,35H,8,17-20,22-24H2,1-2H3. The summed E-state index contributed by atoms with van der Waals surface area (Å²) in [5.74, 6) is 5.06. The fraction of sp³-hybridized carbons (Fsp3) is 0.353. The van der Waals surface area contributed by atoms with Crippen molar-refractivity contribution in [3.05, 3.63) is 102 Å². The number of nitrogens with one attached hydrogen (secondary N) is 1. The Morgan fingerprint density at radius 1 is 0.875 bits per heavy atom. The van der Waals surface area contributed by atoms with E-state index in [1.54, 1.807) is 14.2 Å². The largest absolute Gasteiger partial charge is 0.496 e. The quantitative estimate of drug-likeness (QED) is 0.175. The van der Waals surface area contributed by atoms with Gasteiger partial charge in [-0.3, -0.25) is 0 Å². The molecule has 0 aromatic heterocycles. The van der Waals surface area contributed by atoms with Crippen LogP contribution < -0.4 is 19.5 Å². The van der Waals surface area contributed by atoms with Crippen LogP contribution in [0.1, 0.15) is 35.4 Å². The molecule has 5 rings (SSSR count). The smallest absolute Gasteiger partial charge is 0.132 e. The Bertz CT molecular complexity index is 1350. The normalized spacial score (nSPS) is 17.1. The molecule has 1 aliphatic rings. The van der Waals surface area contributed by atoms with Crippen LogP contribution in [-0.2, 0) is 17.1 Å². The number of hydrogen-bond acceptors (Lipinski definition) is 6. The average molecular weight is 558 g/mol. The zero-order chi connectivity index (χ0) is 27.6. The van der Waals surface area contributed by atoms with Gasteiger partial charge >= 0.3 is 0 Å². The van der Waals surface area contributed by atoms with Gasteiger partial charge in [-0.1, -0.05) is 66.7 Å². The van der Waals surface area contributed by atoms with Crippen molar-refractivity contribution in [2.45, 2.75) is 37.2 Å². The second-order valence-electron chi connectivity index (χ2n) is 10.1. The minimum absolute atomic E-state index is 0.0596. The molecule has 2 unspecified atom stereocenters. The third-order valence-corrected chi connectivity index (χ3v) is 8.57. The highest BCUT2D eigenvalue weighted by molar-refractivity contribution is 7.98. The molecule has 1 heterocycles. The zero-order valence-electron chi connectivity index (χ0n) is 23.4. The van der Waals surface area contributed by atoms with E-state index in [1.165, 1.54) is 11.1 Å². The Morgan fingerprint density at radius 2 is 1.65 bits per heavy atom. The molecule has 4 aromatic carbocycles. The van der Waals surface area contributed by atoms with Crippen LogP contribution in [-0.4, -0.2) is 45.8 Å².